The van der Waals surface area contributed by atoms with Crippen LogP contribution in [0, 0.1) is 0 Å². The fraction of sp³-hybridized carbons (Fsp3) is 0.600. The van der Waals surface area contributed by atoms with E-state index in [4.69, 9.17) is 4.74 Å². The lowest BCUT2D eigenvalue weighted by Crippen LogP contribution is -2.46. The number of hydrogen-bond acceptors (Lipinski definition) is 6. The number of nitrogens with one attached hydrogen (secondary N) is 1. The van der Waals surface area contributed by atoms with Gasteiger partial charge in [-0.05, 0) is 36.8 Å². The van der Waals surface area contributed by atoms with E-state index in [1.807, 2.05) is 0 Å². The van der Waals surface area contributed by atoms with E-state index in [2.05, 4.69) is 51.7 Å². The zero-order chi connectivity index (χ0) is 23.2. The number of esters is 1. The fourth-order valence-corrected chi connectivity index (χ4v) is 5.01. The van der Waals surface area contributed by atoms with E-state index in [9.17, 15) is 9.59 Å². The highest BCUT2D eigenvalue weighted by Gasteiger charge is 2.39. The Balaban J connectivity index is 1.50. The first-order chi connectivity index (χ1) is 16.1. The van der Waals surface area contributed by atoms with Gasteiger partial charge in [0, 0.05) is 19.1 Å². The molecule has 1 aliphatic heterocycles. The predicted molar refractivity (Wildman–Crippen MR) is 125 cm³/mol. The largest absolute Gasteiger partial charge is 0.464 e. The number of nitrogens with zero attached hydrogens (tertiary/aromatic N) is 4. The standard InChI is InChI=1S/C25H35N5O3/c1-3-18-10-12-19(13-11-18)15-29-16-21(30-17-22(27-28-30)25(32)33-2)14-23(29)24(31)26-20-8-6-4-5-7-9-20/h10-13,17,20-21,23H,3-9,14-16H2,1-2H3,(H,26,31)/t21-,23-/m0/s1. The molecule has 1 aromatic heterocycles. The van der Waals surface area contributed by atoms with Crippen LogP contribution in [0.1, 0.15) is 79.5 Å². The number of aryl methyl sites for hydroxylation is 1. The van der Waals surface area contributed by atoms with E-state index in [0.29, 0.717) is 19.5 Å². The van der Waals surface area contributed by atoms with Crippen LogP contribution < -0.4 is 5.32 Å². The van der Waals surface area contributed by atoms with Crippen LogP contribution in [0.15, 0.2) is 30.5 Å². The molecule has 2 fully saturated rings. The lowest BCUT2D eigenvalue weighted by Gasteiger charge is -2.26. The third-order valence-electron chi connectivity index (χ3n) is 6.98. The summed E-state index contributed by atoms with van der Waals surface area (Å²) in [5, 5.41) is 11.5. The minimum Gasteiger partial charge on any atom is -0.464 e. The van der Waals surface area contributed by atoms with Crippen molar-refractivity contribution in [2.75, 3.05) is 13.7 Å². The van der Waals surface area contributed by atoms with Crippen molar-refractivity contribution >= 4 is 11.9 Å². The van der Waals surface area contributed by atoms with E-state index in [-0.39, 0.29) is 29.7 Å². The van der Waals surface area contributed by atoms with Gasteiger partial charge in [0.05, 0.1) is 25.4 Å². The van der Waals surface area contributed by atoms with Crippen molar-refractivity contribution in [1.29, 1.82) is 0 Å². The second-order valence-corrected chi connectivity index (χ2v) is 9.28. The van der Waals surface area contributed by atoms with E-state index in [0.717, 1.165) is 19.3 Å². The van der Waals surface area contributed by atoms with Crippen LogP contribution in [-0.2, 0) is 22.5 Å². The molecule has 1 amide bonds. The maximum atomic E-state index is 13.4. The zero-order valence-electron chi connectivity index (χ0n) is 19.7. The average Bonchev–Trinajstić information content (AvgIpc) is 3.41. The molecular formula is C25H35N5O3. The van der Waals surface area contributed by atoms with Crippen molar-refractivity contribution in [3.05, 3.63) is 47.3 Å². The Bertz CT molecular complexity index is 934. The predicted octanol–water partition coefficient (Wildman–Crippen LogP) is 3.28. The number of rotatable bonds is 7. The molecule has 8 nitrogen and oxygen atoms in total. The topological polar surface area (TPSA) is 89.3 Å². The van der Waals surface area contributed by atoms with E-state index in [1.54, 1.807) is 10.9 Å². The average molecular weight is 454 g/mol. The molecule has 2 aromatic rings. The Morgan fingerprint density at radius 3 is 2.45 bits per heavy atom. The van der Waals surface area contributed by atoms with Gasteiger partial charge >= 0.3 is 5.97 Å². The van der Waals surface area contributed by atoms with E-state index in [1.165, 1.54) is 43.9 Å². The smallest absolute Gasteiger partial charge is 0.360 e. The highest BCUT2D eigenvalue weighted by atomic mass is 16.5. The zero-order valence-corrected chi connectivity index (χ0v) is 19.7. The number of benzene rings is 1. The molecule has 2 aliphatic rings. The van der Waals surface area contributed by atoms with Gasteiger partial charge < -0.3 is 10.1 Å². The Kier molecular flexibility index (Phi) is 7.75. The van der Waals surface area contributed by atoms with Gasteiger partial charge in [-0.1, -0.05) is 62.1 Å². The van der Waals surface area contributed by atoms with Crippen LogP contribution in [0.4, 0.5) is 0 Å². The molecule has 0 bridgehead atoms. The van der Waals surface area contributed by atoms with Gasteiger partial charge in [0.2, 0.25) is 5.91 Å². The molecule has 0 unspecified atom stereocenters. The number of methoxy groups -OCH3 is 1. The van der Waals surface area contributed by atoms with Gasteiger partial charge in [-0.2, -0.15) is 0 Å². The van der Waals surface area contributed by atoms with Crippen LogP contribution in [0.25, 0.3) is 0 Å². The maximum absolute atomic E-state index is 13.4. The van der Waals surface area contributed by atoms with Crippen LogP contribution in [0.3, 0.4) is 0 Å². The molecule has 1 N–H and O–H groups in total. The Labute approximate surface area is 195 Å². The van der Waals surface area contributed by atoms with Crippen molar-refractivity contribution in [3.8, 4) is 0 Å². The van der Waals surface area contributed by atoms with Gasteiger partial charge in [-0.15, -0.1) is 5.10 Å². The normalized spacial score (nSPS) is 22.1. The fourth-order valence-electron chi connectivity index (χ4n) is 5.01. The molecule has 4 rings (SSSR count). The third-order valence-corrected chi connectivity index (χ3v) is 6.98. The second kappa shape index (κ2) is 10.9. The van der Waals surface area contributed by atoms with Crippen LogP contribution in [0.5, 0.6) is 0 Å². The number of aromatic nitrogens is 3. The number of likely N-dealkylation sites (tertiary alicyclic amines) is 1. The van der Waals surface area contributed by atoms with E-state index < -0.39 is 5.97 Å². The summed E-state index contributed by atoms with van der Waals surface area (Å²) in [7, 11) is 1.33. The number of hydrogen-bond donors (Lipinski definition) is 1. The van der Waals surface area contributed by atoms with Crippen molar-refractivity contribution in [3.63, 3.8) is 0 Å². The van der Waals surface area contributed by atoms with Gasteiger partial charge in [0.25, 0.3) is 0 Å². The Morgan fingerprint density at radius 1 is 1.09 bits per heavy atom. The number of carbonyl (C=O) groups excluding carboxylic acids is 2. The molecule has 1 saturated carbocycles. The first kappa shape index (κ1) is 23.4. The molecule has 1 aromatic carbocycles. The Morgan fingerprint density at radius 2 is 1.79 bits per heavy atom. The first-order valence-electron chi connectivity index (χ1n) is 12.2. The molecule has 0 radical (unpaired) electrons. The molecule has 1 aliphatic carbocycles. The second-order valence-electron chi connectivity index (χ2n) is 9.28. The minimum absolute atomic E-state index is 0.0318. The SMILES string of the molecule is CCc1ccc(CN2C[C@@H](n3cc(C(=O)OC)nn3)C[C@H]2C(=O)NC2CCCCCC2)cc1. The summed E-state index contributed by atoms with van der Waals surface area (Å²) in [6.45, 7) is 3.51. The van der Waals surface area contributed by atoms with Gasteiger partial charge in [-0.3, -0.25) is 9.69 Å². The van der Waals surface area contributed by atoms with Crippen LogP contribution in [0.2, 0.25) is 0 Å². The summed E-state index contributed by atoms with van der Waals surface area (Å²) in [4.78, 5) is 27.4. The highest BCUT2D eigenvalue weighted by molar-refractivity contribution is 5.86. The molecule has 8 heteroatoms. The molecule has 0 spiro atoms. The maximum Gasteiger partial charge on any atom is 0.360 e. The molecular weight excluding hydrogens is 418 g/mol. The summed E-state index contributed by atoms with van der Waals surface area (Å²) in [6.07, 6.45) is 10.3. The van der Waals surface area contributed by atoms with Gasteiger partial charge in [-0.25, -0.2) is 9.48 Å². The lowest BCUT2D eigenvalue weighted by molar-refractivity contribution is -0.126. The summed E-state index contributed by atoms with van der Waals surface area (Å²) in [5.74, 6) is -0.405. The number of carbonyl (C=O) groups is 2. The summed E-state index contributed by atoms with van der Waals surface area (Å²) in [5.41, 5.74) is 2.68. The first-order valence-corrected chi connectivity index (χ1v) is 12.2. The summed E-state index contributed by atoms with van der Waals surface area (Å²) in [6, 6.07) is 8.61. The summed E-state index contributed by atoms with van der Waals surface area (Å²) < 4.78 is 6.46. The molecule has 2 atom stereocenters. The quantitative estimate of drug-likeness (QED) is 0.511. The van der Waals surface area contributed by atoms with E-state index >= 15 is 0 Å². The Hall–Kier alpha value is -2.74. The number of ether oxygens (including phenoxy) is 1. The minimum atomic E-state index is -0.505. The van der Waals surface area contributed by atoms with Crippen molar-refractivity contribution in [2.45, 2.75) is 83.0 Å². The van der Waals surface area contributed by atoms with Crippen molar-refractivity contribution < 1.29 is 14.3 Å². The highest BCUT2D eigenvalue weighted by Crippen LogP contribution is 2.29. The molecule has 178 valence electrons. The van der Waals surface area contributed by atoms with Crippen molar-refractivity contribution in [1.82, 2.24) is 25.2 Å². The number of amides is 1. The van der Waals surface area contributed by atoms with Crippen LogP contribution in [-0.4, -0.2) is 57.5 Å². The summed E-state index contributed by atoms with van der Waals surface area (Å²) >= 11 is 0. The van der Waals surface area contributed by atoms with Crippen LogP contribution >= 0.6 is 0 Å². The molecule has 33 heavy (non-hydrogen) atoms. The monoisotopic (exact) mass is 453 g/mol. The van der Waals surface area contributed by atoms with Gasteiger partial charge in [0.1, 0.15) is 0 Å². The van der Waals surface area contributed by atoms with Crippen molar-refractivity contribution in [2.24, 2.45) is 0 Å². The molecule has 1 saturated heterocycles. The molecule has 2 heterocycles. The lowest BCUT2D eigenvalue weighted by atomic mass is 10.1. The third kappa shape index (κ3) is 5.79. The van der Waals surface area contributed by atoms with Gasteiger partial charge in [0.15, 0.2) is 5.69 Å².